The minimum Gasteiger partial charge on any atom is -0.289 e. The first-order valence-electron chi connectivity index (χ1n) is 5.16. The van der Waals surface area contributed by atoms with Crippen LogP contribution in [-0.2, 0) is 0 Å². The average Bonchev–Trinajstić information content (AvgIpc) is 1.99. The second-order valence-electron chi connectivity index (χ2n) is 3.84. The Kier molecular flexibility index (Phi) is 6.47. The zero-order valence-corrected chi connectivity index (χ0v) is 9.54. The highest BCUT2D eigenvalue weighted by molar-refractivity contribution is 6.30. The summed E-state index contributed by atoms with van der Waals surface area (Å²) in [6, 6.07) is 0.745. The van der Waals surface area contributed by atoms with Gasteiger partial charge in [0.15, 0.2) is 0 Å². The van der Waals surface area contributed by atoms with Gasteiger partial charge in [-0.15, -0.1) is 0 Å². The van der Waals surface area contributed by atoms with Crippen molar-refractivity contribution in [2.45, 2.75) is 59.5 Å². The van der Waals surface area contributed by atoms with E-state index in [2.05, 4.69) is 44.6 Å². The van der Waals surface area contributed by atoms with E-state index in [1.54, 1.807) is 0 Å². The normalized spacial score (nSPS) is 13.6. The molecule has 2 nitrogen and oxygen atoms in total. The first kappa shape index (κ1) is 12.3. The molecule has 0 rings (SSSR count). The smallest absolute Gasteiger partial charge is 0.0529 e. The van der Waals surface area contributed by atoms with Gasteiger partial charge < -0.3 is 0 Å². The molecule has 0 aromatic rings. The fourth-order valence-corrected chi connectivity index (χ4v) is 0.985. The molecule has 0 aromatic carbocycles. The van der Waals surface area contributed by atoms with Gasteiger partial charge in [-0.25, -0.2) is 0 Å². The van der Waals surface area contributed by atoms with Crippen molar-refractivity contribution in [3.63, 3.8) is 0 Å². The minimum atomic E-state index is 0.370. The monoisotopic (exact) mass is 182 g/mol. The Morgan fingerprint density at radius 1 is 1.15 bits per heavy atom. The molecule has 0 saturated heterocycles. The predicted octanol–water partition coefficient (Wildman–Crippen LogP) is 3.12. The molecule has 0 N–H and O–H groups in total. The first-order chi connectivity index (χ1) is 6.06. The third-order valence-electron chi connectivity index (χ3n) is 1.45. The lowest BCUT2D eigenvalue weighted by molar-refractivity contribution is 0.823. The van der Waals surface area contributed by atoms with E-state index in [1.165, 1.54) is 0 Å². The van der Waals surface area contributed by atoms with Gasteiger partial charge in [0.25, 0.3) is 0 Å². The van der Waals surface area contributed by atoms with Crippen LogP contribution in [0.25, 0.3) is 0 Å². The summed E-state index contributed by atoms with van der Waals surface area (Å²) in [7, 11) is 0. The molecule has 2 heteroatoms. The van der Waals surface area contributed by atoms with Crippen LogP contribution in [0.5, 0.6) is 0 Å². The Balaban J connectivity index is 4.25. The third kappa shape index (κ3) is 7.69. The van der Waals surface area contributed by atoms with E-state index in [-0.39, 0.29) is 0 Å². The van der Waals surface area contributed by atoms with Crippen molar-refractivity contribution in [3.05, 3.63) is 0 Å². The molecule has 0 amide bonds. The number of aliphatic imine (C=N–C) groups is 2. The Morgan fingerprint density at radius 2 is 1.77 bits per heavy atom. The highest BCUT2D eigenvalue weighted by atomic mass is 14.8. The van der Waals surface area contributed by atoms with Crippen molar-refractivity contribution in [1.82, 2.24) is 0 Å². The molecule has 76 valence electrons. The zero-order valence-electron chi connectivity index (χ0n) is 9.54. The molecule has 0 aliphatic rings. The maximum Gasteiger partial charge on any atom is 0.0529 e. The fourth-order valence-electron chi connectivity index (χ4n) is 0.985. The van der Waals surface area contributed by atoms with Crippen LogP contribution in [0.2, 0.25) is 0 Å². The fraction of sp³-hybridized carbons (Fsp3) is 0.818. The lowest BCUT2D eigenvalue weighted by Crippen LogP contribution is -2.05. The van der Waals surface area contributed by atoms with Gasteiger partial charge in [0.1, 0.15) is 0 Å². The van der Waals surface area contributed by atoms with Crippen LogP contribution in [-0.4, -0.2) is 24.0 Å². The molecule has 13 heavy (non-hydrogen) atoms. The second kappa shape index (κ2) is 6.81. The number of hydrogen-bond donors (Lipinski definition) is 0. The van der Waals surface area contributed by atoms with Gasteiger partial charge in [0.05, 0.1) is 5.71 Å². The van der Waals surface area contributed by atoms with Gasteiger partial charge in [0, 0.05) is 18.3 Å². The minimum absolute atomic E-state index is 0.370. The topological polar surface area (TPSA) is 24.7 Å². The summed E-state index contributed by atoms with van der Waals surface area (Å²) in [4.78, 5) is 8.85. The number of rotatable bonds is 5. The molecule has 0 aliphatic heterocycles. The molecule has 0 unspecified atom stereocenters. The zero-order chi connectivity index (χ0) is 10.3. The lowest BCUT2D eigenvalue weighted by Gasteiger charge is -2.02. The Labute approximate surface area is 82.2 Å². The van der Waals surface area contributed by atoms with Crippen LogP contribution >= 0.6 is 0 Å². The molecule has 0 radical (unpaired) electrons. The van der Waals surface area contributed by atoms with Crippen LogP contribution in [0.15, 0.2) is 9.98 Å². The molecular formula is C11H22N2. The summed E-state index contributed by atoms with van der Waals surface area (Å²) in [5.41, 5.74) is 1.13. The first-order valence-corrected chi connectivity index (χ1v) is 5.16. The second-order valence-corrected chi connectivity index (χ2v) is 3.84. The molecule has 0 atom stereocenters. The van der Waals surface area contributed by atoms with Crippen molar-refractivity contribution >= 4 is 11.9 Å². The predicted molar refractivity (Wildman–Crippen MR) is 61.1 cm³/mol. The molecule has 0 saturated carbocycles. The molecule has 0 aromatic heterocycles. The van der Waals surface area contributed by atoms with E-state index in [0.29, 0.717) is 12.1 Å². The summed E-state index contributed by atoms with van der Waals surface area (Å²) < 4.78 is 0. The van der Waals surface area contributed by atoms with Crippen molar-refractivity contribution in [3.8, 4) is 0 Å². The average molecular weight is 182 g/mol. The SMILES string of the molecule is CCCC(C=NC(C)C)=NC(C)C. The summed E-state index contributed by atoms with van der Waals surface area (Å²) in [5, 5.41) is 0. The van der Waals surface area contributed by atoms with Gasteiger partial charge in [-0.2, -0.15) is 0 Å². The highest BCUT2D eigenvalue weighted by Gasteiger charge is 1.96. The Morgan fingerprint density at radius 3 is 2.15 bits per heavy atom. The van der Waals surface area contributed by atoms with Gasteiger partial charge in [-0.3, -0.25) is 9.98 Å². The molecule has 0 bridgehead atoms. The van der Waals surface area contributed by atoms with Gasteiger partial charge in [-0.05, 0) is 34.1 Å². The largest absolute Gasteiger partial charge is 0.289 e. The summed E-state index contributed by atoms with van der Waals surface area (Å²) in [6.07, 6.45) is 4.10. The molecule has 0 spiro atoms. The van der Waals surface area contributed by atoms with Gasteiger partial charge in [-0.1, -0.05) is 13.3 Å². The van der Waals surface area contributed by atoms with Crippen LogP contribution in [0, 0.1) is 0 Å². The quantitative estimate of drug-likeness (QED) is 0.584. The van der Waals surface area contributed by atoms with Crippen LogP contribution in [0.3, 0.4) is 0 Å². The van der Waals surface area contributed by atoms with E-state index in [9.17, 15) is 0 Å². The van der Waals surface area contributed by atoms with Gasteiger partial charge >= 0.3 is 0 Å². The van der Waals surface area contributed by atoms with E-state index in [1.807, 2.05) is 6.21 Å². The standard InChI is InChI=1S/C11H22N2/c1-6-7-11(13-10(4)5)8-12-9(2)3/h8-10H,6-7H2,1-5H3. The van der Waals surface area contributed by atoms with Crippen LogP contribution < -0.4 is 0 Å². The summed E-state index contributed by atoms with van der Waals surface area (Å²) in [5.74, 6) is 0. The number of nitrogens with zero attached hydrogens (tertiary/aromatic N) is 2. The molecule has 0 aliphatic carbocycles. The Bertz CT molecular complexity index is 179. The van der Waals surface area contributed by atoms with Crippen molar-refractivity contribution < 1.29 is 0 Å². The molecular weight excluding hydrogens is 160 g/mol. The Hall–Kier alpha value is -0.660. The third-order valence-corrected chi connectivity index (χ3v) is 1.45. The lowest BCUT2D eigenvalue weighted by atomic mass is 10.2. The van der Waals surface area contributed by atoms with Gasteiger partial charge in [0.2, 0.25) is 0 Å². The van der Waals surface area contributed by atoms with Crippen LogP contribution in [0.1, 0.15) is 47.5 Å². The van der Waals surface area contributed by atoms with E-state index < -0.39 is 0 Å². The van der Waals surface area contributed by atoms with Crippen LogP contribution in [0.4, 0.5) is 0 Å². The van der Waals surface area contributed by atoms with Crippen molar-refractivity contribution in [1.29, 1.82) is 0 Å². The summed E-state index contributed by atoms with van der Waals surface area (Å²) in [6.45, 7) is 10.5. The summed E-state index contributed by atoms with van der Waals surface area (Å²) >= 11 is 0. The van der Waals surface area contributed by atoms with E-state index in [0.717, 1.165) is 18.6 Å². The van der Waals surface area contributed by atoms with E-state index in [4.69, 9.17) is 0 Å². The maximum atomic E-state index is 4.51. The molecule has 0 fully saturated rings. The number of hydrogen-bond acceptors (Lipinski definition) is 2. The van der Waals surface area contributed by atoms with E-state index >= 15 is 0 Å². The van der Waals surface area contributed by atoms with Crippen molar-refractivity contribution in [2.24, 2.45) is 9.98 Å². The molecule has 0 heterocycles. The maximum absolute atomic E-state index is 4.51. The highest BCUT2D eigenvalue weighted by Crippen LogP contribution is 1.96. The van der Waals surface area contributed by atoms with Crippen molar-refractivity contribution in [2.75, 3.05) is 0 Å².